The van der Waals surface area contributed by atoms with Gasteiger partial charge in [0.2, 0.25) is 0 Å². The molecule has 0 spiro atoms. The van der Waals surface area contributed by atoms with E-state index in [0.29, 0.717) is 0 Å². The molecule has 1 nitrogen and oxygen atoms in total. The number of phenolic OH excluding ortho intramolecular Hbond substituents is 1. The standard InChI is InChI=1S/C15H13BrFIOS/c1-20-15-8-12(19)6-7-13(15)14(16)9-18-11-4-2-10(17)3-5-11/h2-9,14,19H,1H3. The van der Waals surface area contributed by atoms with Gasteiger partial charge in [0.15, 0.2) is 0 Å². The first-order chi connectivity index (χ1) is 9.60. The highest BCUT2D eigenvalue weighted by Crippen LogP contribution is 2.34. The first-order valence-corrected chi connectivity index (χ1v) is 10.3. The van der Waals surface area contributed by atoms with Gasteiger partial charge in [-0.15, -0.1) is 11.8 Å². The van der Waals surface area contributed by atoms with Crippen LogP contribution < -0.4 is 0 Å². The second-order valence-corrected chi connectivity index (χ2v) is 8.42. The number of hydrogen-bond donors (Lipinski definition) is 1. The van der Waals surface area contributed by atoms with Crippen LogP contribution in [0.5, 0.6) is 5.75 Å². The Balaban J connectivity index is 2.19. The van der Waals surface area contributed by atoms with Crippen LogP contribution in [0.3, 0.4) is 0 Å². The minimum absolute atomic E-state index is 0.142. The maximum absolute atomic E-state index is 12.9. The number of alkyl halides is 1. The Morgan fingerprint density at radius 3 is 2.60 bits per heavy atom. The lowest BCUT2D eigenvalue weighted by atomic mass is 10.2. The van der Waals surface area contributed by atoms with Crippen molar-refractivity contribution in [2.75, 3.05) is 6.26 Å². The zero-order chi connectivity index (χ0) is 14.5. The molecule has 0 heterocycles. The van der Waals surface area contributed by atoms with Crippen molar-refractivity contribution < 1.29 is 9.50 Å². The van der Waals surface area contributed by atoms with Crippen LogP contribution in [0.2, 0.25) is 0 Å². The second kappa shape index (κ2) is 7.56. The number of halogens is 3. The fourth-order valence-electron chi connectivity index (χ4n) is 1.63. The SMILES string of the molecule is CSc1cc(O)ccc1C(Br)C=Ic1ccc(F)cc1. The third kappa shape index (κ3) is 4.30. The molecule has 1 atom stereocenters. The quantitative estimate of drug-likeness (QED) is 0.373. The van der Waals surface area contributed by atoms with Gasteiger partial charge in [-0.3, -0.25) is 0 Å². The first kappa shape index (κ1) is 16.0. The van der Waals surface area contributed by atoms with Gasteiger partial charge in [0.1, 0.15) is 11.6 Å². The molecule has 20 heavy (non-hydrogen) atoms. The summed E-state index contributed by atoms with van der Waals surface area (Å²) in [6.45, 7) is 0. The largest absolute Gasteiger partial charge is 0.508 e. The third-order valence-corrected chi connectivity index (χ3v) is 7.67. The van der Waals surface area contributed by atoms with Crippen molar-refractivity contribution in [2.45, 2.75) is 9.72 Å². The van der Waals surface area contributed by atoms with Crippen molar-refractivity contribution in [2.24, 2.45) is 0 Å². The Bertz CT molecular complexity index is 616. The zero-order valence-corrected chi connectivity index (χ0v) is 15.2. The Hall–Kier alpha value is -0.400. The average molecular weight is 467 g/mol. The lowest BCUT2D eigenvalue weighted by Gasteiger charge is -2.10. The van der Waals surface area contributed by atoms with E-state index in [1.165, 1.54) is 15.7 Å². The van der Waals surface area contributed by atoms with E-state index < -0.39 is 0 Å². The summed E-state index contributed by atoms with van der Waals surface area (Å²) in [5.41, 5.74) is 1.15. The molecular formula is C15H13BrFIOS. The molecule has 0 aliphatic carbocycles. The third-order valence-electron chi connectivity index (χ3n) is 2.62. The lowest BCUT2D eigenvalue weighted by molar-refractivity contribution is 0.473. The van der Waals surface area contributed by atoms with E-state index in [0.717, 1.165) is 10.5 Å². The molecule has 106 valence electrons. The smallest absolute Gasteiger partial charge is 0.123 e. The Morgan fingerprint density at radius 2 is 1.95 bits per heavy atom. The molecule has 0 aromatic heterocycles. The molecule has 0 aliphatic heterocycles. The fourth-order valence-corrected chi connectivity index (χ4v) is 5.41. The predicted molar refractivity (Wildman–Crippen MR) is 96.7 cm³/mol. The molecular weight excluding hydrogens is 454 g/mol. The molecule has 0 saturated heterocycles. The lowest BCUT2D eigenvalue weighted by Crippen LogP contribution is -1.92. The second-order valence-electron chi connectivity index (χ2n) is 4.00. The van der Waals surface area contributed by atoms with E-state index in [9.17, 15) is 9.50 Å². The van der Waals surface area contributed by atoms with Crippen molar-refractivity contribution in [1.29, 1.82) is 0 Å². The summed E-state index contributed by atoms with van der Waals surface area (Å²) in [6, 6.07) is 12.1. The summed E-state index contributed by atoms with van der Waals surface area (Å²) in [6.07, 6.45) is 1.99. The molecule has 0 fully saturated rings. The van der Waals surface area contributed by atoms with Crippen molar-refractivity contribution in [1.82, 2.24) is 0 Å². The molecule has 0 saturated carbocycles. The van der Waals surface area contributed by atoms with E-state index in [1.54, 1.807) is 23.9 Å². The highest BCUT2D eigenvalue weighted by molar-refractivity contribution is 14.2. The van der Waals surface area contributed by atoms with Crippen molar-refractivity contribution in [3.05, 3.63) is 57.4 Å². The molecule has 5 heteroatoms. The van der Waals surface area contributed by atoms with Gasteiger partial charge < -0.3 is 5.11 Å². The van der Waals surface area contributed by atoms with Gasteiger partial charge in [-0.1, -0.05) is 42.7 Å². The van der Waals surface area contributed by atoms with Crippen LogP contribution in [-0.2, 0) is 0 Å². The van der Waals surface area contributed by atoms with E-state index >= 15 is 0 Å². The normalized spacial score (nSPS) is 13.2. The zero-order valence-electron chi connectivity index (χ0n) is 10.7. The van der Waals surface area contributed by atoms with Gasteiger partial charge in [0, 0.05) is 8.47 Å². The number of rotatable bonds is 4. The van der Waals surface area contributed by atoms with Gasteiger partial charge in [0.25, 0.3) is 0 Å². The van der Waals surface area contributed by atoms with E-state index in [2.05, 4.69) is 19.9 Å². The average Bonchev–Trinajstić information content (AvgIpc) is 2.46. The molecule has 1 N–H and O–H groups in total. The topological polar surface area (TPSA) is 20.2 Å². The van der Waals surface area contributed by atoms with Crippen molar-refractivity contribution >= 4 is 52.4 Å². The number of phenols is 1. The van der Waals surface area contributed by atoms with Crippen LogP contribution in [0.1, 0.15) is 10.4 Å². The molecule has 0 aliphatic rings. The molecule has 1 unspecified atom stereocenters. The molecule has 2 aromatic carbocycles. The van der Waals surface area contributed by atoms with Crippen LogP contribution >= 0.6 is 48.4 Å². The highest BCUT2D eigenvalue weighted by atomic mass is 127. The maximum Gasteiger partial charge on any atom is 0.123 e. The van der Waals surface area contributed by atoms with Gasteiger partial charge in [-0.2, -0.15) is 0 Å². The van der Waals surface area contributed by atoms with Crippen molar-refractivity contribution in [3.8, 4) is 5.75 Å². The molecule has 2 rings (SSSR count). The van der Waals surface area contributed by atoms with Crippen LogP contribution in [0.25, 0.3) is 0 Å². The summed E-state index contributed by atoms with van der Waals surface area (Å²) in [7, 11) is 0. The van der Waals surface area contributed by atoms with Gasteiger partial charge in [0.05, 0.1) is 4.83 Å². The number of thioether (sulfide) groups is 1. The monoisotopic (exact) mass is 466 g/mol. The fraction of sp³-hybridized carbons (Fsp3) is 0.133. The summed E-state index contributed by atoms with van der Waals surface area (Å²) >= 11 is 5.00. The van der Waals surface area contributed by atoms with Gasteiger partial charge in [-0.05, 0) is 52.2 Å². The number of hydrogen-bond acceptors (Lipinski definition) is 2. The molecule has 2 aromatic rings. The summed E-state index contributed by atoms with van der Waals surface area (Å²) in [5, 5.41) is 9.52. The number of benzene rings is 2. The Kier molecular flexibility index (Phi) is 6.04. The number of aromatic hydroxyl groups is 1. The predicted octanol–water partition coefficient (Wildman–Crippen LogP) is 5.33. The van der Waals surface area contributed by atoms with E-state index in [4.69, 9.17) is 0 Å². The van der Waals surface area contributed by atoms with Crippen LogP contribution in [-0.4, -0.2) is 15.4 Å². The van der Waals surface area contributed by atoms with Gasteiger partial charge in [-0.25, -0.2) is 4.39 Å². The van der Waals surface area contributed by atoms with Crippen LogP contribution in [0.15, 0.2) is 47.4 Å². The Morgan fingerprint density at radius 1 is 1.25 bits per heavy atom. The molecule has 0 amide bonds. The maximum atomic E-state index is 12.9. The first-order valence-electron chi connectivity index (χ1n) is 5.83. The summed E-state index contributed by atoms with van der Waals surface area (Å²) in [4.78, 5) is 1.20. The highest BCUT2D eigenvalue weighted by Gasteiger charge is 2.10. The minimum atomic E-state index is -0.288. The summed E-state index contributed by atoms with van der Waals surface area (Å²) < 4.78 is 16.3. The van der Waals surface area contributed by atoms with Crippen molar-refractivity contribution in [3.63, 3.8) is 0 Å². The molecule has 0 bridgehead atoms. The van der Waals surface area contributed by atoms with E-state index in [-0.39, 0.29) is 37.1 Å². The van der Waals surface area contributed by atoms with Gasteiger partial charge >= 0.3 is 0 Å². The van der Waals surface area contributed by atoms with Crippen LogP contribution in [0, 0.1) is 9.39 Å². The van der Waals surface area contributed by atoms with E-state index in [1.807, 2.05) is 24.5 Å². The summed E-state index contributed by atoms with van der Waals surface area (Å²) in [5.74, 6) is 0.0855. The Labute approximate surface area is 140 Å². The minimum Gasteiger partial charge on any atom is -0.508 e. The molecule has 0 radical (unpaired) electrons. The van der Waals surface area contributed by atoms with Crippen LogP contribution in [0.4, 0.5) is 4.39 Å².